The molecule has 110 heavy (non-hydrogen) atoms. The van der Waals surface area contributed by atoms with Crippen molar-refractivity contribution in [1.29, 1.82) is 0 Å². The maximum absolute atomic E-state index is 13.3. The maximum Gasteiger partial charge on any atom is 0.416 e. The molecular weight excluding hydrogens is 1500 g/mol. The van der Waals surface area contributed by atoms with Crippen molar-refractivity contribution in [2.24, 2.45) is 23.7 Å². The quantitative estimate of drug-likeness (QED) is 0.0472. The summed E-state index contributed by atoms with van der Waals surface area (Å²) < 4.78 is 89.5. The zero-order chi connectivity index (χ0) is 79.1. The Bertz CT molecular complexity index is 3840. The zero-order valence-corrected chi connectivity index (χ0v) is 66.1. The number of carbonyl (C=O) groups excluding carboxylic acids is 3. The van der Waals surface area contributed by atoms with E-state index in [1.807, 2.05) is 79.4 Å². The van der Waals surface area contributed by atoms with Gasteiger partial charge in [0.15, 0.2) is 0 Å². The molecule has 4 aliphatic carbocycles. The number of piperidine rings is 4. The Morgan fingerprint density at radius 3 is 1.27 bits per heavy atom. The van der Waals surface area contributed by atoms with Crippen molar-refractivity contribution in [3.8, 4) is 11.5 Å². The number of nitrogens with one attached hydrogen (secondary N) is 1. The van der Waals surface area contributed by atoms with E-state index >= 15 is 0 Å². The second kappa shape index (κ2) is 40.9. The fourth-order valence-corrected chi connectivity index (χ4v) is 16.8. The van der Waals surface area contributed by atoms with Crippen LogP contribution in [-0.4, -0.2) is 146 Å². The number of phenols is 1. The standard InChI is InChI=1S/C24H27ClF3NO.C19H24ClNO3.C17H24ClNO.C11H11ClO2.C8H15NO2.C7H5F3O/c25-21-8-4-19(5-9-21)23(12-2-13-23)17-29-14-1-3-18(15-29)16-30-22-10-6-20(7-11-22)24(26,27)28;1-2-24-17(22)14-5-3-12-21(13-14)18(23)19(10-4-11-19)15-6-8-16(20)9-7-15;18-16-6-4-15(5-7-16)17(8-2-9-17)13-19-10-1-3-14(11-19)12-20;12-9-4-2-8(3-5-9)11(10(13)14)6-1-7-11;1-2-11-8(10)7-4-3-5-9-6-7;8-7(9,10)5-1-3-6(11)4-2-5/h4-11,18H,1-3,12-17H2;6-9,14H,2-5,10-13H2,1H3;4-7,14,20H,1-3,8-13H2;2-5H,1,6-7H2,(H,13,14);7,9H,2-6H2,1H3;1-4,11H/t18-;2*14-;;7-;/m111.1./s1. The van der Waals surface area contributed by atoms with Crippen LogP contribution in [0.25, 0.3) is 0 Å². The van der Waals surface area contributed by atoms with Crippen molar-refractivity contribution in [2.75, 3.05) is 91.9 Å². The Kier molecular flexibility index (Phi) is 32.5. The van der Waals surface area contributed by atoms with E-state index < -0.39 is 40.3 Å². The van der Waals surface area contributed by atoms with E-state index in [0.717, 1.165) is 187 Å². The lowest BCUT2D eigenvalue weighted by Crippen LogP contribution is -2.54. The minimum absolute atomic E-state index is 0.0419. The minimum Gasteiger partial charge on any atom is -0.508 e. The summed E-state index contributed by atoms with van der Waals surface area (Å²) in [6.45, 7) is 14.9. The number of likely N-dealkylation sites (tertiary alicyclic amines) is 3. The Hall–Kier alpha value is -6.62. The number of carboxylic acid groups (broad SMARTS) is 1. The number of hydrogen-bond donors (Lipinski definition) is 4. The van der Waals surface area contributed by atoms with E-state index in [-0.39, 0.29) is 40.8 Å². The summed E-state index contributed by atoms with van der Waals surface area (Å²) in [4.78, 5) is 54.6. The highest BCUT2D eigenvalue weighted by molar-refractivity contribution is 6.31. The molecule has 6 aromatic rings. The zero-order valence-electron chi connectivity index (χ0n) is 63.0. The highest BCUT2D eigenvalue weighted by Crippen LogP contribution is 2.49. The summed E-state index contributed by atoms with van der Waals surface area (Å²) in [6.07, 6.45) is 12.5. The number of rotatable bonds is 18. The van der Waals surface area contributed by atoms with Crippen LogP contribution in [0, 0.1) is 23.7 Å². The summed E-state index contributed by atoms with van der Waals surface area (Å²) in [5, 5.41) is 33.3. The average molecular weight is 1610 g/mol. The molecule has 4 saturated heterocycles. The number of aliphatic hydroxyl groups is 1. The van der Waals surface area contributed by atoms with Gasteiger partial charge in [0.2, 0.25) is 5.91 Å². The van der Waals surface area contributed by atoms with E-state index in [1.54, 1.807) is 12.1 Å². The summed E-state index contributed by atoms with van der Waals surface area (Å²) in [5.74, 6) is 0.331. The van der Waals surface area contributed by atoms with E-state index in [9.17, 15) is 55.7 Å². The van der Waals surface area contributed by atoms with Gasteiger partial charge in [-0.1, -0.05) is 121 Å². The molecule has 4 aliphatic heterocycles. The molecule has 600 valence electrons. The highest BCUT2D eigenvalue weighted by Gasteiger charge is 2.50. The number of benzene rings is 6. The first-order valence-electron chi connectivity index (χ1n) is 38.9. The molecule has 0 aromatic heterocycles. The van der Waals surface area contributed by atoms with Crippen LogP contribution in [0.3, 0.4) is 0 Å². The largest absolute Gasteiger partial charge is 0.508 e. The normalized spacial score (nSPS) is 21.6. The maximum atomic E-state index is 13.3. The molecule has 8 fully saturated rings. The summed E-state index contributed by atoms with van der Waals surface area (Å²) in [7, 11) is 0. The summed E-state index contributed by atoms with van der Waals surface area (Å²) >= 11 is 23.8. The van der Waals surface area contributed by atoms with E-state index in [4.69, 9.17) is 65.7 Å². The van der Waals surface area contributed by atoms with E-state index in [0.29, 0.717) is 66.0 Å². The predicted octanol–water partition coefficient (Wildman–Crippen LogP) is 19.4. The van der Waals surface area contributed by atoms with Crippen LogP contribution < -0.4 is 10.1 Å². The number of aromatic hydroxyl groups is 1. The smallest absolute Gasteiger partial charge is 0.416 e. The van der Waals surface area contributed by atoms with Gasteiger partial charge in [-0.2, -0.15) is 26.3 Å². The van der Waals surface area contributed by atoms with Crippen molar-refractivity contribution in [3.05, 3.63) is 199 Å². The van der Waals surface area contributed by atoms with Gasteiger partial charge < -0.3 is 49.5 Å². The van der Waals surface area contributed by atoms with Crippen molar-refractivity contribution in [2.45, 2.75) is 176 Å². The van der Waals surface area contributed by atoms with Crippen LogP contribution in [-0.2, 0) is 62.7 Å². The molecule has 6 aromatic carbocycles. The molecule has 0 spiro atoms. The van der Waals surface area contributed by atoms with Gasteiger partial charge in [-0.3, -0.25) is 19.2 Å². The SMILES string of the molecule is CCOC(=O)[C@@H]1CCCN(C(=O)C2(c3ccc(Cl)cc3)CCC2)C1.CCOC(=O)[C@@H]1CCCNC1.FC(F)(F)c1ccc(OC[C@@H]2CCCN(CC3(c4ccc(Cl)cc4)CCC3)C2)cc1.O=C(O)C1(c2ccc(Cl)cc2)CCC1.OC[C@@H]1CCCN(CC2(c3ccc(Cl)cc3)CCC2)C1.Oc1ccc(C(F)(F)F)cc1. The molecule has 0 bridgehead atoms. The molecule has 14 nitrogen and oxygen atoms in total. The number of amides is 1. The van der Waals surface area contributed by atoms with Gasteiger partial charge in [0.1, 0.15) is 11.5 Å². The third kappa shape index (κ3) is 24.0. The molecule has 4 atom stereocenters. The van der Waals surface area contributed by atoms with Crippen LogP contribution >= 0.6 is 46.4 Å². The van der Waals surface area contributed by atoms with Crippen molar-refractivity contribution >= 4 is 70.2 Å². The summed E-state index contributed by atoms with van der Waals surface area (Å²) in [6, 6.07) is 40.1. The van der Waals surface area contributed by atoms with Crippen LogP contribution in [0.5, 0.6) is 11.5 Å². The van der Waals surface area contributed by atoms with Gasteiger partial charge in [0.25, 0.3) is 0 Å². The molecule has 4 heterocycles. The Morgan fingerprint density at radius 2 is 0.882 bits per heavy atom. The molecule has 8 aliphatic rings. The van der Waals surface area contributed by atoms with Gasteiger partial charge >= 0.3 is 30.3 Å². The van der Waals surface area contributed by atoms with E-state index in [1.165, 1.54) is 81.2 Å². The minimum atomic E-state index is -4.33. The molecule has 4 N–H and O–H groups in total. The number of halogens is 10. The van der Waals surface area contributed by atoms with Crippen molar-refractivity contribution in [1.82, 2.24) is 20.0 Å². The number of carboxylic acids is 1. The molecular formula is C86H106Cl4F6N4O10. The average Bonchev–Trinajstić information content (AvgIpc) is 0.763. The van der Waals surface area contributed by atoms with Crippen LogP contribution in [0.4, 0.5) is 26.3 Å². The lowest BCUT2D eigenvalue weighted by molar-refractivity contribution is -0.153. The second-order valence-electron chi connectivity index (χ2n) is 30.7. The lowest BCUT2D eigenvalue weighted by atomic mass is 9.63. The number of aliphatic hydroxyl groups excluding tert-OH is 1. The molecule has 1 amide bonds. The molecule has 24 heteroatoms. The van der Waals surface area contributed by atoms with Crippen molar-refractivity contribution in [3.63, 3.8) is 0 Å². The first-order chi connectivity index (χ1) is 52.6. The van der Waals surface area contributed by atoms with Gasteiger partial charge in [-0.25, -0.2) is 0 Å². The number of phenolic OH excluding ortho intramolecular Hbond substituents is 1. The number of alkyl halides is 6. The first-order valence-corrected chi connectivity index (χ1v) is 40.5. The van der Waals surface area contributed by atoms with E-state index in [2.05, 4.69) is 39.4 Å². The molecule has 4 saturated carbocycles. The third-order valence-corrected chi connectivity index (χ3v) is 24.2. The highest BCUT2D eigenvalue weighted by atomic mass is 35.5. The van der Waals surface area contributed by atoms with Gasteiger partial charge in [-0.05, 0) is 261 Å². The number of ether oxygens (including phenoxy) is 3. The third-order valence-electron chi connectivity index (χ3n) is 23.2. The fourth-order valence-electron chi connectivity index (χ4n) is 16.3. The molecule has 14 rings (SSSR count). The Balaban J connectivity index is 0.000000158. The van der Waals surface area contributed by atoms with Crippen LogP contribution in [0.15, 0.2) is 146 Å². The molecule has 0 unspecified atom stereocenters. The van der Waals surface area contributed by atoms with Crippen LogP contribution in [0.1, 0.15) is 176 Å². The summed E-state index contributed by atoms with van der Waals surface area (Å²) in [5.41, 5.74) is 2.83. The monoisotopic (exact) mass is 1610 g/mol. The fraction of sp³-hybridized carbons (Fsp3) is 0.535. The topological polar surface area (TPSA) is 178 Å². The number of aliphatic carboxylic acids is 1. The number of carbonyl (C=O) groups is 4. The predicted molar refractivity (Wildman–Crippen MR) is 419 cm³/mol. The van der Waals surface area contributed by atoms with Gasteiger partial charge in [0.05, 0.1) is 53.6 Å². The number of nitrogens with zero attached hydrogens (tertiary/aromatic N) is 3. The number of esters is 2. The lowest BCUT2D eigenvalue weighted by Gasteiger charge is -2.47. The van der Waals surface area contributed by atoms with Crippen LogP contribution in [0.2, 0.25) is 20.1 Å². The first kappa shape index (κ1) is 87.3. The van der Waals surface area contributed by atoms with Gasteiger partial charge in [0, 0.05) is 89.3 Å². The number of hydrogen-bond acceptors (Lipinski definition) is 12. The van der Waals surface area contributed by atoms with Crippen molar-refractivity contribution < 1.29 is 75.1 Å². The van der Waals surface area contributed by atoms with Gasteiger partial charge in [-0.15, -0.1) is 0 Å². The Labute approximate surface area is 663 Å². The molecule has 0 radical (unpaired) electrons. The Morgan fingerprint density at radius 1 is 0.482 bits per heavy atom. The second-order valence-corrected chi connectivity index (χ2v) is 32.4.